The number of rotatable bonds is 2. The van der Waals surface area contributed by atoms with E-state index in [9.17, 15) is 4.79 Å². The van der Waals surface area contributed by atoms with Crippen molar-refractivity contribution in [1.29, 1.82) is 0 Å². The van der Waals surface area contributed by atoms with E-state index in [1.54, 1.807) is 0 Å². The van der Waals surface area contributed by atoms with Gasteiger partial charge in [0.1, 0.15) is 6.17 Å². The summed E-state index contributed by atoms with van der Waals surface area (Å²) in [6.45, 7) is 0. The van der Waals surface area contributed by atoms with Gasteiger partial charge in [0.2, 0.25) is 5.91 Å². The Kier molecular flexibility index (Phi) is 3.42. The highest BCUT2D eigenvalue weighted by atomic mass is 32.2. The highest BCUT2D eigenvalue weighted by Crippen LogP contribution is 2.50. The number of thioether (sulfide) groups is 1. The van der Waals surface area contributed by atoms with E-state index in [-0.39, 0.29) is 23.4 Å². The normalized spacial score (nSPS) is 30.1. The molecule has 4 rings (SSSR count). The maximum absolute atomic E-state index is 12.6. The Bertz CT molecular complexity index is 638. The predicted molar refractivity (Wildman–Crippen MR) is 90.5 cm³/mol. The van der Waals surface area contributed by atoms with E-state index in [0.717, 1.165) is 18.4 Å². The first-order valence-corrected chi connectivity index (χ1v) is 8.74. The first-order valence-electron chi connectivity index (χ1n) is 7.86. The molecule has 0 spiro atoms. The van der Waals surface area contributed by atoms with E-state index in [1.165, 1.54) is 22.6 Å². The van der Waals surface area contributed by atoms with E-state index in [1.807, 2.05) is 25.9 Å². The van der Waals surface area contributed by atoms with Gasteiger partial charge in [0, 0.05) is 19.8 Å². The van der Waals surface area contributed by atoms with Crippen LogP contribution in [0.2, 0.25) is 0 Å². The van der Waals surface area contributed by atoms with Gasteiger partial charge in [-0.25, -0.2) is 0 Å². The van der Waals surface area contributed by atoms with Crippen LogP contribution in [0.25, 0.3) is 0 Å². The molecule has 0 saturated carbocycles. The minimum absolute atomic E-state index is 0.0415. The molecule has 1 fully saturated rings. The summed E-state index contributed by atoms with van der Waals surface area (Å²) in [6, 6.07) is 8.37. The third-order valence-electron chi connectivity index (χ3n) is 4.80. The molecule has 1 aromatic rings. The van der Waals surface area contributed by atoms with Gasteiger partial charge in [-0.3, -0.25) is 10.1 Å². The topological polar surface area (TPSA) is 44.4 Å². The molecule has 5 heteroatoms. The Balaban J connectivity index is 1.53. The van der Waals surface area contributed by atoms with E-state index < -0.39 is 0 Å². The van der Waals surface area contributed by atoms with Crippen molar-refractivity contribution in [3.05, 3.63) is 40.3 Å². The van der Waals surface area contributed by atoms with Crippen LogP contribution < -0.4 is 15.5 Å². The molecule has 0 aromatic heterocycles. The number of amides is 1. The lowest BCUT2D eigenvalue weighted by atomic mass is 9.94. The molecule has 3 unspecified atom stereocenters. The van der Waals surface area contributed by atoms with Crippen molar-refractivity contribution >= 4 is 23.4 Å². The van der Waals surface area contributed by atoms with Crippen LogP contribution in [0.3, 0.4) is 0 Å². The fraction of sp³-hybridized carbons (Fsp3) is 0.471. The van der Waals surface area contributed by atoms with Crippen LogP contribution in [-0.2, 0) is 4.79 Å². The van der Waals surface area contributed by atoms with E-state index >= 15 is 0 Å². The lowest BCUT2D eigenvalue weighted by molar-refractivity contribution is -0.127. The predicted octanol–water partition coefficient (Wildman–Crippen LogP) is 2.60. The van der Waals surface area contributed by atoms with Crippen LogP contribution in [-0.4, -0.2) is 25.4 Å². The summed E-state index contributed by atoms with van der Waals surface area (Å²) in [4.78, 5) is 16.1. The quantitative estimate of drug-likeness (QED) is 0.880. The molecule has 3 aliphatic rings. The van der Waals surface area contributed by atoms with Gasteiger partial charge in [0.15, 0.2) is 0 Å². The number of fused-ring (bicyclic) bond motifs is 2. The lowest BCUT2D eigenvalue weighted by Gasteiger charge is -2.35. The number of nitrogens with one attached hydrogen (secondary N) is 2. The summed E-state index contributed by atoms with van der Waals surface area (Å²) in [5.74, 6) is 0.227. The minimum atomic E-state index is -0.0857. The Labute approximate surface area is 135 Å². The number of carbonyl (C=O) groups excluding carboxylic acids is 1. The average molecular weight is 315 g/mol. The van der Waals surface area contributed by atoms with Crippen molar-refractivity contribution in [2.75, 3.05) is 19.0 Å². The first-order chi connectivity index (χ1) is 10.6. The lowest BCUT2D eigenvalue weighted by Crippen LogP contribution is -2.54. The second kappa shape index (κ2) is 5.32. The zero-order chi connectivity index (χ0) is 15.3. The SMILES string of the molecule is CN(C)c1ccc(C2NC(=O)C3C4=C(CCC4)SC3N2)cc1. The van der Waals surface area contributed by atoms with Crippen molar-refractivity contribution in [1.82, 2.24) is 10.6 Å². The van der Waals surface area contributed by atoms with Gasteiger partial charge in [-0.05, 0) is 47.4 Å². The highest BCUT2D eigenvalue weighted by Gasteiger charge is 2.45. The second-order valence-electron chi connectivity index (χ2n) is 6.41. The summed E-state index contributed by atoms with van der Waals surface area (Å²) in [5.41, 5.74) is 3.67. The fourth-order valence-electron chi connectivity index (χ4n) is 3.62. The van der Waals surface area contributed by atoms with Crippen molar-refractivity contribution in [3.8, 4) is 0 Å². The van der Waals surface area contributed by atoms with Gasteiger partial charge in [-0.15, -0.1) is 11.8 Å². The molecule has 1 aliphatic carbocycles. The number of benzene rings is 1. The van der Waals surface area contributed by atoms with E-state index in [0.29, 0.717) is 0 Å². The summed E-state index contributed by atoms with van der Waals surface area (Å²) >= 11 is 1.87. The third kappa shape index (κ3) is 2.23. The molecular formula is C17H21N3OS. The van der Waals surface area contributed by atoms with Crippen molar-refractivity contribution < 1.29 is 4.79 Å². The zero-order valence-electron chi connectivity index (χ0n) is 12.9. The Morgan fingerprint density at radius 1 is 1.18 bits per heavy atom. The fourth-order valence-corrected chi connectivity index (χ4v) is 5.19. The van der Waals surface area contributed by atoms with Gasteiger partial charge in [-0.2, -0.15) is 0 Å². The number of hydrogen-bond donors (Lipinski definition) is 2. The molecule has 1 saturated heterocycles. The van der Waals surface area contributed by atoms with Gasteiger partial charge in [0.25, 0.3) is 0 Å². The molecule has 1 aromatic carbocycles. The van der Waals surface area contributed by atoms with Crippen molar-refractivity contribution in [3.63, 3.8) is 0 Å². The number of allylic oxidation sites excluding steroid dienone is 1. The molecular weight excluding hydrogens is 294 g/mol. The Hall–Kier alpha value is -1.46. The molecule has 2 aliphatic heterocycles. The van der Waals surface area contributed by atoms with Crippen molar-refractivity contribution in [2.45, 2.75) is 30.8 Å². The van der Waals surface area contributed by atoms with Gasteiger partial charge >= 0.3 is 0 Å². The molecule has 0 bridgehead atoms. The number of hydrogen-bond acceptors (Lipinski definition) is 4. The van der Waals surface area contributed by atoms with Crippen LogP contribution in [0.15, 0.2) is 34.7 Å². The number of nitrogens with zero attached hydrogens (tertiary/aromatic N) is 1. The monoisotopic (exact) mass is 315 g/mol. The minimum Gasteiger partial charge on any atom is -0.378 e. The van der Waals surface area contributed by atoms with E-state index in [4.69, 9.17) is 0 Å². The van der Waals surface area contributed by atoms with Crippen LogP contribution in [0.1, 0.15) is 31.0 Å². The van der Waals surface area contributed by atoms with Crippen LogP contribution in [0.5, 0.6) is 0 Å². The average Bonchev–Trinajstić information content (AvgIpc) is 3.07. The molecule has 1 amide bonds. The molecule has 0 radical (unpaired) electrons. The van der Waals surface area contributed by atoms with Crippen LogP contribution >= 0.6 is 11.8 Å². The molecule has 2 heterocycles. The van der Waals surface area contributed by atoms with Crippen LogP contribution in [0.4, 0.5) is 5.69 Å². The second-order valence-corrected chi connectivity index (χ2v) is 7.65. The Morgan fingerprint density at radius 3 is 2.68 bits per heavy atom. The third-order valence-corrected chi connectivity index (χ3v) is 6.21. The molecule has 2 N–H and O–H groups in total. The van der Waals surface area contributed by atoms with Crippen molar-refractivity contribution in [2.24, 2.45) is 5.92 Å². The van der Waals surface area contributed by atoms with Crippen LogP contribution in [0, 0.1) is 5.92 Å². The zero-order valence-corrected chi connectivity index (χ0v) is 13.7. The molecule has 22 heavy (non-hydrogen) atoms. The molecule has 3 atom stereocenters. The summed E-state index contributed by atoms with van der Waals surface area (Å²) in [6.07, 6.45) is 3.38. The molecule has 4 nitrogen and oxygen atoms in total. The highest BCUT2D eigenvalue weighted by molar-refractivity contribution is 8.04. The summed E-state index contributed by atoms with van der Waals surface area (Å²) in [7, 11) is 4.06. The standard InChI is InChI=1S/C17H21N3OS/c1-20(2)11-8-6-10(7-9-11)15-18-16(21)14-12-4-3-5-13(12)22-17(14)19-15/h6-9,14-15,17,19H,3-5H2,1-2H3,(H,18,21). The van der Waals surface area contributed by atoms with Gasteiger partial charge in [-0.1, -0.05) is 12.1 Å². The largest absolute Gasteiger partial charge is 0.378 e. The van der Waals surface area contributed by atoms with E-state index in [2.05, 4.69) is 39.8 Å². The summed E-state index contributed by atoms with van der Waals surface area (Å²) in [5, 5.41) is 6.98. The maximum atomic E-state index is 12.6. The van der Waals surface area contributed by atoms with Gasteiger partial charge in [0.05, 0.1) is 11.3 Å². The maximum Gasteiger partial charge on any atom is 0.231 e. The number of carbonyl (C=O) groups is 1. The van der Waals surface area contributed by atoms with Gasteiger partial charge < -0.3 is 10.2 Å². The Morgan fingerprint density at radius 2 is 1.95 bits per heavy atom. The number of anilines is 1. The molecule has 116 valence electrons. The first kappa shape index (κ1) is 14.2. The smallest absolute Gasteiger partial charge is 0.231 e. The summed E-state index contributed by atoms with van der Waals surface area (Å²) < 4.78 is 0.